The molecule has 2 atom stereocenters. The van der Waals surface area contributed by atoms with E-state index in [4.69, 9.17) is 39.5 Å². The quantitative estimate of drug-likeness (QED) is 0.373. The van der Waals surface area contributed by atoms with E-state index in [-0.39, 0.29) is 19.3 Å². The van der Waals surface area contributed by atoms with Crippen LogP contribution in [0.1, 0.15) is 40.0 Å². The molecule has 1 aromatic rings. The van der Waals surface area contributed by atoms with E-state index in [2.05, 4.69) is 5.32 Å². The largest absolute Gasteiger partial charge is 0.478 e. The van der Waals surface area contributed by atoms with E-state index in [1.54, 1.807) is 20.8 Å². The molecule has 30 heavy (non-hydrogen) atoms. The number of thioether (sulfide) groups is 1. The van der Waals surface area contributed by atoms with Gasteiger partial charge in [0.1, 0.15) is 4.87 Å². The van der Waals surface area contributed by atoms with E-state index in [0.29, 0.717) is 0 Å². The number of halogens is 3. The number of amides is 2. The Hall–Kier alpha value is -1.35. The molecular formula is C19H21Cl3N2O5S. The van der Waals surface area contributed by atoms with Crippen LogP contribution in [0, 0.1) is 0 Å². The van der Waals surface area contributed by atoms with Crippen LogP contribution in [-0.4, -0.2) is 46.9 Å². The van der Waals surface area contributed by atoms with Crippen LogP contribution in [0.15, 0.2) is 24.3 Å². The third-order valence-corrected chi connectivity index (χ3v) is 7.25. The summed E-state index contributed by atoms with van der Waals surface area (Å²) in [4.78, 5) is 36.5. The third kappa shape index (κ3) is 3.95. The summed E-state index contributed by atoms with van der Waals surface area (Å²) in [6.07, 6.45) is 0.128. The predicted octanol–water partition coefficient (Wildman–Crippen LogP) is 4.30. The van der Waals surface area contributed by atoms with Crippen LogP contribution in [0.5, 0.6) is 11.5 Å². The lowest BCUT2D eigenvalue weighted by Crippen LogP contribution is -2.77. The van der Waals surface area contributed by atoms with Crippen molar-refractivity contribution < 1.29 is 24.2 Å². The molecule has 4 rings (SSSR count). The van der Waals surface area contributed by atoms with Crippen molar-refractivity contribution >= 4 is 64.3 Å². The summed E-state index contributed by atoms with van der Waals surface area (Å²) in [5, 5.41) is 12.4. The average Bonchev–Trinajstić information content (AvgIpc) is 3.35. The van der Waals surface area contributed by atoms with Crippen LogP contribution in [0.25, 0.3) is 0 Å². The normalized spacial score (nSPS) is 27.5. The van der Waals surface area contributed by atoms with Crippen LogP contribution < -0.4 is 10.1 Å². The smallest absolute Gasteiger partial charge is 0.352 e. The van der Waals surface area contributed by atoms with E-state index in [1.165, 1.54) is 16.7 Å². The molecule has 0 aliphatic carbocycles. The molecule has 2 amide bonds. The molecule has 3 heterocycles. The number of nitrogens with zero attached hydrogens (tertiary/aromatic N) is 1. The highest BCUT2D eigenvalue weighted by Crippen LogP contribution is 2.65. The Kier molecular flexibility index (Phi) is 5.95. The van der Waals surface area contributed by atoms with Gasteiger partial charge in [-0.25, -0.2) is 4.79 Å². The number of carbonyl (C=O) groups excluding carboxylic acids is 2. The van der Waals surface area contributed by atoms with E-state index in [0.717, 1.165) is 11.5 Å². The lowest BCUT2D eigenvalue weighted by Gasteiger charge is -2.53. The number of alkyl halides is 3. The van der Waals surface area contributed by atoms with Crippen LogP contribution >= 0.6 is 46.6 Å². The number of carboxylic acid groups (broad SMARTS) is 1. The fraction of sp³-hybridized carbons (Fsp3) is 0.526. The molecule has 1 aromatic carbocycles. The van der Waals surface area contributed by atoms with Crippen LogP contribution in [-0.2, 0) is 14.4 Å². The minimum Gasteiger partial charge on any atom is -0.478 e. The molecule has 164 valence electrons. The van der Waals surface area contributed by atoms with Crippen molar-refractivity contribution in [1.82, 2.24) is 10.2 Å². The molecule has 2 saturated heterocycles. The number of carboxylic acids is 1. The molecule has 11 heteroatoms. The summed E-state index contributed by atoms with van der Waals surface area (Å²) >= 11 is 18.9. The number of hydrogen-bond donors (Lipinski definition) is 2. The van der Waals surface area contributed by atoms with Crippen LogP contribution in [0.3, 0.4) is 0 Å². The first-order valence-corrected chi connectivity index (χ1v) is 11.1. The molecule has 0 radical (unpaired) electrons. The number of fused-ring (bicyclic) bond motifs is 2. The predicted molar refractivity (Wildman–Crippen MR) is 116 cm³/mol. The lowest BCUT2D eigenvalue weighted by molar-refractivity contribution is -0.180. The van der Waals surface area contributed by atoms with Gasteiger partial charge in [-0.05, 0) is 26.0 Å². The number of rotatable bonds is 4. The maximum absolute atomic E-state index is 12.2. The van der Waals surface area contributed by atoms with E-state index in [1.807, 2.05) is 24.3 Å². The molecule has 1 unspecified atom stereocenters. The van der Waals surface area contributed by atoms with Gasteiger partial charge in [0.25, 0.3) is 0 Å². The summed E-state index contributed by atoms with van der Waals surface area (Å²) < 4.78 is 2.28. The van der Waals surface area contributed by atoms with Crippen molar-refractivity contribution in [2.24, 2.45) is 0 Å². The molecule has 0 saturated carbocycles. The molecule has 0 spiro atoms. The molecule has 2 fully saturated rings. The van der Waals surface area contributed by atoms with Gasteiger partial charge in [-0.2, -0.15) is 0 Å². The number of benzene rings is 1. The molecule has 7 nitrogen and oxygen atoms in total. The number of para-hydroxylation sites is 2. The van der Waals surface area contributed by atoms with Gasteiger partial charge in [-0.15, -0.1) is 11.8 Å². The Balaban J connectivity index is 0.000000302. The molecular weight excluding hydrogens is 475 g/mol. The zero-order valence-electron chi connectivity index (χ0n) is 16.5. The summed E-state index contributed by atoms with van der Waals surface area (Å²) in [6.45, 7) is 4.92. The highest BCUT2D eigenvalue weighted by molar-refractivity contribution is 8.02. The maximum atomic E-state index is 12.2. The van der Waals surface area contributed by atoms with Gasteiger partial charge in [-0.1, -0.05) is 53.9 Å². The van der Waals surface area contributed by atoms with Gasteiger partial charge in [0, 0.05) is 12.8 Å². The number of hydrogen-bond acceptors (Lipinski definition) is 5. The highest BCUT2D eigenvalue weighted by Gasteiger charge is 2.77. The minimum atomic E-state index is -1.88. The summed E-state index contributed by atoms with van der Waals surface area (Å²) in [6, 6.07) is 7.84. The number of aliphatic carboxylic acids is 1. The Bertz CT molecular complexity index is 885. The Labute approximate surface area is 193 Å². The van der Waals surface area contributed by atoms with Gasteiger partial charge in [0.05, 0.1) is 11.2 Å². The Morgan fingerprint density at radius 2 is 1.83 bits per heavy atom. The van der Waals surface area contributed by atoms with Crippen molar-refractivity contribution in [1.29, 1.82) is 0 Å². The van der Waals surface area contributed by atoms with E-state index in [9.17, 15) is 19.5 Å². The maximum Gasteiger partial charge on any atom is 0.352 e. The second kappa shape index (κ2) is 7.65. The van der Waals surface area contributed by atoms with Crippen molar-refractivity contribution in [2.75, 3.05) is 0 Å². The van der Waals surface area contributed by atoms with Gasteiger partial charge in [-0.3, -0.25) is 14.5 Å². The number of nitrogens with one attached hydrogen (secondary N) is 1. The van der Waals surface area contributed by atoms with E-state index < -0.39 is 36.9 Å². The van der Waals surface area contributed by atoms with Gasteiger partial charge in [0.2, 0.25) is 17.5 Å². The first kappa shape index (κ1) is 23.3. The van der Waals surface area contributed by atoms with Gasteiger partial charge in [0.15, 0.2) is 15.3 Å². The number of β-lactam (4-membered cyclic amide) rings is 1. The second-order valence-electron chi connectivity index (χ2n) is 7.72. The summed E-state index contributed by atoms with van der Waals surface area (Å²) in [5.41, 5.74) is -1.88. The topological polar surface area (TPSA) is 99.2 Å². The van der Waals surface area contributed by atoms with Crippen LogP contribution in [0.2, 0.25) is 0 Å². The molecule has 0 bridgehead atoms. The molecule has 3 aliphatic rings. The van der Waals surface area contributed by atoms with Crippen molar-refractivity contribution in [3.05, 3.63) is 24.3 Å². The summed E-state index contributed by atoms with van der Waals surface area (Å²) in [5.74, 6) is -0.109. The fourth-order valence-corrected chi connectivity index (χ4v) is 6.97. The van der Waals surface area contributed by atoms with Gasteiger partial charge >= 0.3 is 5.97 Å². The first-order valence-electron chi connectivity index (χ1n) is 9.19. The molecule has 3 aliphatic heterocycles. The van der Waals surface area contributed by atoms with Crippen molar-refractivity contribution in [3.8, 4) is 11.5 Å². The number of carbonyl (C=O) groups is 3. The Morgan fingerprint density at radius 3 is 2.23 bits per heavy atom. The second-order valence-corrected chi connectivity index (χ2v) is 12.2. The molecule has 0 aromatic heterocycles. The standard InChI is InChI=1S/C13H17Cl3N2O4S.C6H4O/c1-4-7(19)17-13(9(21)22)10(2,3)23-11(6-12(14,15)16)5-8(20)18(11)13;1-2-4-6-5(3-1)7-6/h4-6H2,1-3H3,(H,17,19)(H,21,22);1-4H/t11-,13?;/m0./s1. The van der Waals surface area contributed by atoms with Gasteiger partial charge < -0.3 is 15.2 Å². The average molecular weight is 496 g/mol. The monoisotopic (exact) mass is 494 g/mol. The van der Waals surface area contributed by atoms with Crippen LogP contribution in [0.4, 0.5) is 0 Å². The lowest BCUT2D eigenvalue weighted by atomic mass is 9.85. The summed E-state index contributed by atoms with van der Waals surface area (Å²) in [7, 11) is 0. The molecule has 2 N–H and O–H groups in total. The Morgan fingerprint density at radius 1 is 1.27 bits per heavy atom. The first-order chi connectivity index (χ1) is 13.8. The highest BCUT2D eigenvalue weighted by atomic mass is 35.6. The van der Waals surface area contributed by atoms with Crippen molar-refractivity contribution in [3.63, 3.8) is 0 Å². The van der Waals surface area contributed by atoms with Crippen molar-refractivity contribution in [2.45, 2.75) is 59.1 Å². The minimum absolute atomic E-state index is 0.0263. The fourth-order valence-electron chi connectivity index (χ4n) is 3.93. The third-order valence-electron chi connectivity index (χ3n) is 5.19. The zero-order valence-corrected chi connectivity index (χ0v) is 19.6. The van der Waals surface area contributed by atoms with E-state index >= 15 is 0 Å². The zero-order chi connectivity index (χ0) is 22.5. The SMILES string of the molecule is CCC(=O)NC1(C(=O)O)N2C(=O)C[C@@]2(CC(Cl)(Cl)Cl)SC1(C)C.c1ccc2c(c1)O2. The number of ether oxygens (including phenoxy) is 1.